The summed E-state index contributed by atoms with van der Waals surface area (Å²) in [5.74, 6) is 0.150. The van der Waals surface area contributed by atoms with E-state index >= 15 is 0 Å². The van der Waals surface area contributed by atoms with Crippen LogP contribution in [0.4, 0.5) is 5.69 Å². The van der Waals surface area contributed by atoms with Gasteiger partial charge in [0.1, 0.15) is 11.5 Å². The molecule has 0 saturated heterocycles. The molecule has 0 radical (unpaired) electrons. The highest BCUT2D eigenvalue weighted by Crippen LogP contribution is 2.46. The van der Waals surface area contributed by atoms with Crippen molar-refractivity contribution in [3.8, 4) is 5.75 Å². The first-order valence-corrected chi connectivity index (χ1v) is 10.8. The molecule has 1 heterocycles. The van der Waals surface area contributed by atoms with Gasteiger partial charge in [-0.25, -0.2) is 0 Å². The molecule has 0 bridgehead atoms. The van der Waals surface area contributed by atoms with E-state index in [2.05, 4.69) is 32.9 Å². The van der Waals surface area contributed by atoms with Gasteiger partial charge in [0.2, 0.25) is 0 Å². The lowest BCUT2D eigenvalue weighted by Gasteiger charge is -2.23. The van der Waals surface area contributed by atoms with E-state index in [0.29, 0.717) is 25.1 Å². The molecule has 1 aliphatic rings. The number of benzene rings is 2. The van der Waals surface area contributed by atoms with E-state index < -0.39 is 11.5 Å². The largest absolute Gasteiger partial charge is 0.494 e. The zero-order valence-corrected chi connectivity index (χ0v) is 19.4. The maximum Gasteiger partial charge on any atom is 0.264 e. The van der Waals surface area contributed by atoms with Crippen LogP contribution >= 0.6 is 0 Å². The summed E-state index contributed by atoms with van der Waals surface area (Å²) in [6, 6.07) is 11.9. The smallest absolute Gasteiger partial charge is 0.264 e. The number of carbonyl (C=O) groups excluding carboxylic acids is 2. The number of aliphatic hydroxyl groups is 1. The molecule has 0 spiro atoms. The van der Waals surface area contributed by atoms with Gasteiger partial charge in [-0.1, -0.05) is 45.0 Å². The Labute approximate surface area is 185 Å². The molecule has 3 rings (SSSR count). The van der Waals surface area contributed by atoms with Gasteiger partial charge in [-0.2, -0.15) is 0 Å². The summed E-state index contributed by atoms with van der Waals surface area (Å²) in [4.78, 5) is 26.6. The van der Waals surface area contributed by atoms with Gasteiger partial charge in [0.05, 0.1) is 12.3 Å². The molecule has 0 aromatic heterocycles. The van der Waals surface area contributed by atoms with E-state index in [-0.39, 0.29) is 17.6 Å². The monoisotopic (exact) mass is 423 g/mol. The SMILES string of the molecule is CC(=O)CC1(O)C(=O)N(CCCOc2ccc(C(C)(C)C)cc2)c2c(C)ccc(C)c21. The lowest BCUT2D eigenvalue weighted by atomic mass is 9.86. The van der Waals surface area contributed by atoms with Crippen LogP contribution in [0.15, 0.2) is 36.4 Å². The zero-order chi connectivity index (χ0) is 23.0. The fraction of sp³-hybridized carbons (Fsp3) is 0.462. The van der Waals surface area contributed by atoms with Gasteiger partial charge < -0.3 is 14.7 Å². The molecule has 2 aromatic carbocycles. The molecule has 1 aliphatic heterocycles. The number of aryl methyl sites for hydroxylation is 2. The second kappa shape index (κ2) is 8.46. The molecule has 1 N–H and O–H groups in total. The zero-order valence-electron chi connectivity index (χ0n) is 19.4. The number of ketones is 1. The highest BCUT2D eigenvalue weighted by molar-refractivity contribution is 6.09. The van der Waals surface area contributed by atoms with E-state index in [0.717, 1.165) is 22.6 Å². The summed E-state index contributed by atoms with van der Waals surface area (Å²) >= 11 is 0. The van der Waals surface area contributed by atoms with Gasteiger partial charge in [-0.15, -0.1) is 0 Å². The van der Waals surface area contributed by atoms with Crippen molar-refractivity contribution in [1.82, 2.24) is 0 Å². The van der Waals surface area contributed by atoms with Crippen LogP contribution in [0.25, 0.3) is 0 Å². The maximum atomic E-state index is 13.2. The minimum atomic E-state index is -1.79. The van der Waals surface area contributed by atoms with Crippen molar-refractivity contribution in [3.63, 3.8) is 0 Å². The topological polar surface area (TPSA) is 66.8 Å². The summed E-state index contributed by atoms with van der Waals surface area (Å²) < 4.78 is 5.87. The van der Waals surface area contributed by atoms with E-state index in [4.69, 9.17) is 4.74 Å². The average molecular weight is 424 g/mol. The number of hydrogen-bond acceptors (Lipinski definition) is 4. The molecule has 5 nitrogen and oxygen atoms in total. The number of hydrogen-bond donors (Lipinski definition) is 1. The van der Waals surface area contributed by atoms with Crippen LogP contribution in [0.3, 0.4) is 0 Å². The van der Waals surface area contributed by atoms with E-state index in [1.807, 2.05) is 38.1 Å². The Kier molecular flexibility index (Phi) is 6.28. The highest BCUT2D eigenvalue weighted by atomic mass is 16.5. The molecule has 0 aliphatic carbocycles. The highest BCUT2D eigenvalue weighted by Gasteiger charge is 2.51. The Balaban J connectivity index is 1.72. The van der Waals surface area contributed by atoms with Crippen LogP contribution in [0, 0.1) is 13.8 Å². The van der Waals surface area contributed by atoms with Crippen molar-refractivity contribution in [2.75, 3.05) is 18.1 Å². The van der Waals surface area contributed by atoms with Gasteiger partial charge in [0, 0.05) is 18.5 Å². The van der Waals surface area contributed by atoms with Crippen molar-refractivity contribution in [2.45, 2.75) is 65.4 Å². The van der Waals surface area contributed by atoms with Crippen molar-refractivity contribution >= 4 is 17.4 Å². The van der Waals surface area contributed by atoms with Gasteiger partial charge >= 0.3 is 0 Å². The summed E-state index contributed by atoms with van der Waals surface area (Å²) in [7, 11) is 0. The number of carbonyl (C=O) groups is 2. The van der Waals surface area contributed by atoms with Crippen LogP contribution in [0.5, 0.6) is 5.75 Å². The summed E-state index contributed by atoms with van der Waals surface area (Å²) in [5, 5.41) is 11.2. The van der Waals surface area contributed by atoms with Crippen LogP contribution in [-0.4, -0.2) is 29.9 Å². The number of anilines is 1. The predicted octanol–water partition coefficient (Wildman–Crippen LogP) is 4.58. The molecule has 31 heavy (non-hydrogen) atoms. The van der Waals surface area contributed by atoms with Gasteiger partial charge in [-0.3, -0.25) is 9.59 Å². The molecule has 1 atom stereocenters. The number of Topliss-reactive ketones (excluding diaryl/α,β-unsaturated/α-hetero) is 1. The van der Waals surface area contributed by atoms with E-state index in [1.165, 1.54) is 12.5 Å². The predicted molar refractivity (Wildman–Crippen MR) is 123 cm³/mol. The summed E-state index contributed by atoms with van der Waals surface area (Å²) in [6.45, 7) is 12.6. The van der Waals surface area contributed by atoms with Crippen LogP contribution in [0.2, 0.25) is 0 Å². The molecule has 166 valence electrons. The molecule has 0 fully saturated rings. The number of nitrogens with zero attached hydrogens (tertiary/aromatic N) is 1. The minimum absolute atomic E-state index is 0.0920. The van der Waals surface area contributed by atoms with Crippen LogP contribution in [0.1, 0.15) is 62.8 Å². The third kappa shape index (κ3) is 4.52. The third-order valence-corrected chi connectivity index (χ3v) is 5.89. The Morgan fingerprint density at radius 2 is 1.68 bits per heavy atom. The summed E-state index contributed by atoms with van der Waals surface area (Å²) in [5.41, 5.74) is 2.56. The number of fused-ring (bicyclic) bond motifs is 1. The molecule has 1 unspecified atom stereocenters. The quantitative estimate of drug-likeness (QED) is 0.662. The molecule has 2 aromatic rings. The number of ether oxygens (including phenoxy) is 1. The number of rotatable bonds is 7. The molecule has 1 amide bonds. The third-order valence-electron chi connectivity index (χ3n) is 5.89. The maximum absolute atomic E-state index is 13.2. The first-order chi connectivity index (χ1) is 14.4. The lowest BCUT2D eigenvalue weighted by Crippen LogP contribution is -2.42. The van der Waals surface area contributed by atoms with Crippen LogP contribution < -0.4 is 9.64 Å². The second-order valence-electron chi connectivity index (χ2n) is 9.60. The van der Waals surface area contributed by atoms with Crippen molar-refractivity contribution in [3.05, 3.63) is 58.7 Å². The standard InChI is InChI=1S/C26H33NO4/c1-17-8-9-18(2)23-22(17)26(30,16-19(3)28)24(29)27(23)14-7-15-31-21-12-10-20(11-13-21)25(4,5)6/h8-13,30H,7,14-16H2,1-6H3. The second-order valence-corrected chi connectivity index (χ2v) is 9.60. The van der Waals surface area contributed by atoms with Crippen molar-refractivity contribution in [2.24, 2.45) is 0 Å². The van der Waals surface area contributed by atoms with E-state index in [1.54, 1.807) is 4.90 Å². The van der Waals surface area contributed by atoms with Gasteiger partial charge in [0.25, 0.3) is 5.91 Å². The van der Waals surface area contributed by atoms with Crippen LogP contribution in [-0.2, 0) is 20.6 Å². The molecule has 5 heteroatoms. The molecular weight excluding hydrogens is 390 g/mol. The normalized spacial score (nSPS) is 18.3. The van der Waals surface area contributed by atoms with Crippen molar-refractivity contribution < 1.29 is 19.4 Å². The Hall–Kier alpha value is -2.66. The lowest BCUT2D eigenvalue weighted by molar-refractivity contribution is -0.141. The minimum Gasteiger partial charge on any atom is -0.494 e. The van der Waals surface area contributed by atoms with Gasteiger partial charge in [-0.05, 0) is 61.4 Å². The first-order valence-electron chi connectivity index (χ1n) is 10.8. The molecule has 0 saturated carbocycles. The van der Waals surface area contributed by atoms with E-state index in [9.17, 15) is 14.7 Å². The van der Waals surface area contributed by atoms with Gasteiger partial charge in [0.15, 0.2) is 5.60 Å². The summed E-state index contributed by atoms with van der Waals surface area (Å²) in [6.07, 6.45) is 0.395. The number of amides is 1. The fourth-order valence-electron chi connectivity index (χ4n) is 4.30. The first kappa shape index (κ1) is 23.0. The Morgan fingerprint density at radius 3 is 2.26 bits per heavy atom. The van der Waals surface area contributed by atoms with Crippen molar-refractivity contribution in [1.29, 1.82) is 0 Å². The fourth-order valence-corrected chi connectivity index (χ4v) is 4.30. The average Bonchev–Trinajstić information content (AvgIpc) is 2.89. The molecular formula is C26H33NO4. The Bertz CT molecular complexity index is 988. The Morgan fingerprint density at radius 1 is 1.06 bits per heavy atom.